The molecule has 13 heteroatoms. The third-order valence-corrected chi connectivity index (χ3v) is 7.08. The first-order valence-corrected chi connectivity index (χ1v) is 13.6. The summed E-state index contributed by atoms with van der Waals surface area (Å²) in [6.07, 6.45) is 0. The van der Waals surface area contributed by atoms with Gasteiger partial charge < -0.3 is 21.1 Å². The van der Waals surface area contributed by atoms with Gasteiger partial charge in [0.2, 0.25) is 0 Å². The summed E-state index contributed by atoms with van der Waals surface area (Å²) in [7, 11) is -4.87. The first kappa shape index (κ1) is 27.9. The number of azo groups is 2. The summed E-state index contributed by atoms with van der Waals surface area (Å²) in [4.78, 5) is 10.6. The zero-order valence-electron chi connectivity index (χ0n) is 21.4. The molecule has 0 aromatic heterocycles. The van der Waals surface area contributed by atoms with Crippen LogP contribution in [0.25, 0.3) is 21.9 Å². The molecule has 12 nitrogen and oxygen atoms in total. The highest BCUT2D eigenvalue weighted by atomic mass is 32.2. The van der Waals surface area contributed by atoms with Gasteiger partial charge in [0, 0.05) is 0 Å². The Hall–Kier alpha value is -5.66. The molecule has 0 radical (unpaired) electrons. The van der Waals surface area contributed by atoms with Crippen LogP contribution in [0.15, 0.2) is 116 Å². The Morgan fingerprint density at radius 1 is 0.714 bits per heavy atom. The lowest BCUT2D eigenvalue weighted by molar-refractivity contribution is 0.0693. The molecule has 5 rings (SSSR count). The lowest BCUT2D eigenvalue weighted by Gasteiger charge is -2.12. The summed E-state index contributed by atoms with van der Waals surface area (Å²) in [5, 5.41) is 46.3. The Morgan fingerprint density at radius 2 is 1.33 bits per heavy atom. The molecule has 0 saturated heterocycles. The fourth-order valence-corrected chi connectivity index (χ4v) is 4.82. The number of fused-ring (bicyclic) bond motifs is 1. The monoisotopic (exact) mass is 583 g/mol. The normalized spacial score (nSPS) is 11.9. The number of aromatic carboxylic acids is 1. The number of carbonyl (C=O) groups is 1. The zero-order valence-corrected chi connectivity index (χ0v) is 22.3. The van der Waals surface area contributed by atoms with E-state index in [4.69, 9.17) is 5.73 Å². The summed E-state index contributed by atoms with van der Waals surface area (Å²) in [5.41, 5.74) is 7.38. The van der Waals surface area contributed by atoms with Gasteiger partial charge in [-0.25, -0.2) is 4.79 Å². The third kappa shape index (κ3) is 5.63. The Morgan fingerprint density at radius 3 is 2.00 bits per heavy atom. The Kier molecular flexibility index (Phi) is 7.35. The maximum atomic E-state index is 12.2. The fraction of sp³-hybridized carbons (Fsp3) is 0. The highest BCUT2D eigenvalue weighted by molar-refractivity contribution is 7.86. The van der Waals surface area contributed by atoms with Crippen molar-refractivity contribution >= 4 is 55.3 Å². The molecular weight excluding hydrogens is 562 g/mol. The number of aromatic hydroxyl groups is 2. The molecule has 42 heavy (non-hydrogen) atoms. The molecule has 0 aliphatic carbocycles. The molecule has 0 unspecified atom stereocenters. The quantitative estimate of drug-likeness (QED) is 0.0745. The van der Waals surface area contributed by atoms with Crippen LogP contribution in [-0.4, -0.2) is 34.3 Å². The van der Waals surface area contributed by atoms with Crippen molar-refractivity contribution in [2.45, 2.75) is 4.90 Å². The molecule has 5 aromatic carbocycles. The predicted molar refractivity (Wildman–Crippen MR) is 155 cm³/mol. The largest absolute Gasteiger partial charge is 0.507 e. The maximum absolute atomic E-state index is 12.2. The number of nitrogens with zero attached hydrogens (tertiary/aromatic N) is 4. The molecule has 0 spiro atoms. The van der Waals surface area contributed by atoms with Crippen molar-refractivity contribution in [3.8, 4) is 22.6 Å². The van der Waals surface area contributed by atoms with Crippen LogP contribution in [0, 0.1) is 0 Å². The number of carboxylic acid groups (broad SMARTS) is 1. The number of benzene rings is 5. The molecule has 0 bridgehead atoms. The van der Waals surface area contributed by atoms with Crippen molar-refractivity contribution in [1.29, 1.82) is 0 Å². The van der Waals surface area contributed by atoms with E-state index in [9.17, 15) is 33.1 Å². The van der Waals surface area contributed by atoms with Crippen molar-refractivity contribution in [3.05, 3.63) is 96.6 Å². The average Bonchev–Trinajstić information content (AvgIpc) is 2.97. The molecule has 6 N–H and O–H groups in total. The van der Waals surface area contributed by atoms with E-state index < -0.39 is 43.7 Å². The van der Waals surface area contributed by atoms with E-state index in [-0.39, 0.29) is 27.8 Å². The van der Waals surface area contributed by atoms with E-state index in [0.717, 1.165) is 29.3 Å². The van der Waals surface area contributed by atoms with Gasteiger partial charge in [-0.3, -0.25) is 4.55 Å². The van der Waals surface area contributed by atoms with Crippen molar-refractivity contribution < 1.29 is 33.1 Å². The number of phenols is 2. The zero-order chi connectivity index (χ0) is 30.0. The van der Waals surface area contributed by atoms with Gasteiger partial charge in [-0.05, 0) is 59.0 Å². The van der Waals surface area contributed by atoms with E-state index in [0.29, 0.717) is 5.69 Å². The smallest absolute Gasteiger partial charge is 0.339 e. The van der Waals surface area contributed by atoms with E-state index in [1.807, 2.05) is 30.3 Å². The highest BCUT2D eigenvalue weighted by Crippen LogP contribution is 2.47. The Labute approximate surface area is 238 Å². The number of hydrogen-bond acceptors (Lipinski definition) is 10. The summed E-state index contributed by atoms with van der Waals surface area (Å²) < 4.78 is 34.4. The van der Waals surface area contributed by atoms with Gasteiger partial charge in [0.1, 0.15) is 27.6 Å². The molecule has 0 fully saturated rings. The molecule has 0 saturated carbocycles. The van der Waals surface area contributed by atoms with Gasteiger partial charge in [0.05, 0.1) is 22.4 Å². The second kappa shape index (κ2) is 11.1. The summed E-state index contributed by atoms with van der Waals surface area (Å²) >= 11 is 0. The average molecular weight is 584 g/mol. The first-order chi connectivity index (χ1) is 20.0. The lowest BCUT2D eigenvalue weighted by atomic mass is 10.1. The Bertz CT molecular complexity index is 2010. The Balaban J connectivity index is 1.61. The summed E-state index contributed by atoms with van der Waals surface area (Å²) in [6, 6.07) is 23.9. The maximum Gasteiger partial charge on any atom is 0.339 e. The van der Waals surface area contributed by atoms with Crippen LogP contribution in [0.2, 0.25) is 0 Å². The summed E-state index contributed by atoms with van der Waals surface area (Å²) in [5.74, 6) is -2.54. The van der Waals surface area contributed by atoms with Crippen molar-refractivity contribution in [2.24, 2.45) is 20.5 Å². The minimum absolute atomic E-state index is 0.0396. The van der Waals surface area contributed by atoms with Gasteiger partial charge in [-0.15, -0.1) is 10.2 Å². The molecule has 0 aliphatic heterocycles. The standard InChI is InChI=1S/C29H21N5O7S/c30-22-12-8-18-14-24(42(39,40)41)27(34-31-19-9-6-17(7-10-19)16-4-2-1-3-5-16)28(36)25(18)26(22)33-32-20-11-13-23(35)21(15-20)29(37)38/h1-15,35-36H,30H2,(H,37,38)(H,39,40,41). The van der Waals surface area contributed by atoms with Gasteiger partial charge in [0.25, 0.3) is 10.1 Å². The van der Waals surface area contributed by atoms with Crippen LogP contribution in [0.1, 0.15) is 10.4 Å². The van der Waals surface area contributed by atoms with Crippen LogP contribution in [0.4, 0.5) is 28.4 Å². The van der Waals surface area contributed by atoms with Crippen LogP contribution < -0.4 is 5.73 Å². The van der Waals surface area contributed by atoms with Crippen molar-refractivity contribution in [2.75, 3.05) is 5.73 Å². The number of rotatable bonds is 7. The first-order valence-electron chi connectivity index (χ1n) is 12.1. The molecule has 5 aromatic rings. The topological polar surface area (TPSA) is 208 Å². The van der Waals surface area contributed by atoms with Gasteiger partial charge >= 0.3 is 5.97 Å². The van der Waals surface area contributed by atoms with Crippen molar-refractivity contribution in [1.82, 2.24) is 0 Å². The third-order valence-electron chi connectivity index (χ3n) is 6.22. The second-order valence-corrected chi connectivity index (χ2v) is 10.4. The lowest BCUT2D eigenvalue weighted by Crippen LogP contribution is -1.99. The molecule has 210 valence electrons. The molecule has 0 heterocycles. The van der Waals surface area contributed by atoms with Gasteiger partial charge in [0.15, 0.2) is 5.75 Å². The molecule has 0 amide bonds. The number of hydrogen-bond donors (Lipinski definition) is 5. The van der Waals surface area contributed by atoms with Crippen molar-refractivity contribution in [3.63, 3.8) is 0 Å². The van der Waals surface area contributed by atoms with Crippen LogP contribution in [-0.2, 0) is 10.1 Å². The molecular formula is C29H21N5O7S. The minimum atomic E-state index is -4.87. The summed E-state index contributed by atoms with van der Waals surface area (Å²) in [6.45, 7) is 0. The molecule has 0 atom stereocenters. The number of carboxylic acids is 1. The van der Waals surface area contributed by atoms with Gasteiger partial charge in [-0.1, -0.05) is 48.5 Å². The SMILES string of the molecule is Nc1ccc2cc(S(=O)(=O)O)c(N=Nc3ccc(-c4ccccc4)cc3)c(O)c2c1N=Nc1ccc(O)c(C(=O)O)c1. The number of nitrogen functional groups attached to an aromatic ring is 1. The minimum Gasteiger partial charge on any atom is -0.507 e. The highest BCUT2D eigenvalue weighted by Gasteiger charge is 2.24. The number of nitrogens with two attached hydrogens (primary N) is 1. The van der Waals surface area contributed by atoms with E-state index in [1.165, 1.54) is 18.2 Å². The van der Waals surface area contributed by atoms with Crippen LogP contribution in [0.3, 0.4) is 0 Å². The van der Waals surface area contributed by atoms with Crippen LogP contribution >= 0.6 is 0 Å². The number of phenolic OH excluding ortho intramolecular Hbond substituents is 1. The van der Waals surface area contributed by atoms with E-state index in [2.05, 4.69) is 20.5 Å². The van der Waals surface area contributed by atoms with Gasteiger partial charge in [-0.2, -0.15) is 18.6 Å². The van der Waals surface area contributed by atoms with E-state index >= 15 is 0 Å². The van der Waals surface area contributed by atoms with Crippen LogP contribution in [0.5, 0.6) is 11.5 Å². The second-order valence-electron chi connectivity index (χ2n) is 8.97. The van der Waals surface area contributed by atoms with E-state index in [1.54, 1.807) is 24.3 Å². The fourth-order valence-electron chi connectivity index (χ4n) is 4.16. The molecule has 0 aliphatic rings. The predicted octanol–water partition coefficient (Wildman–Crippen LogP) is 7.28. The number of anilines is 1.